The highest BCUT2D eigenvalue weighted by Gasteiger charge is 2.25. The number of hydrogen-bond acceptors (Lipinski definition) is 3. The first-order valence-corrected chi connectivity index (χ1v) is 7.36. The molecule has 0 radical (unpaired) electrons. The topological polar surface area (TPSA) is 24.5 Å². The molecule has 1 aliphatic rings. The van der Waals surface area contributed by atoms with Crippen LogP contribution in [0.4, 0.5) is 4.39 Å². The van der Waals surface area contributed by atoms with Gasteiger partial charge in [0.25, 0.3) is 0 Å². The van der Waals surface area contributed by atoms with Crippen molar-refractivity contribution in [2.24, 2.45) is 0 Å². The Kier molecular flexibility index (Phi) is 5.33. The summed E-state index contributed by atoms with van der Waals surface area (Å²) < 4.78 is 20.5. The van der Waals surface area contributed by atoms with Crippen molar-refractivity contribution in [1.29, 1.82) is 0 Å². The largest absolute Gasteiger partial charge is 0.374 e. The number of rotatable bonds is 4. The minimum atomic E-state index is -0.154. The molecule has 0 saturated carbocycles. The quantitative estimate of drug-likeness (QED) is 0.918. The molecule has 1 fully saturated rings. The monoisotopic (exact) mass is 330 g/mol. The van der Waals surface area contributed by atoms with Crippen LogP contribution in [-0.2, 0) is 4.74 Å². The molecule has 2 atom stereocenters. The molecule has 5 heteroatoms. The van der Waals surface area contributed by atoms with Crippen molar-refractivity contribution < 1.29 is 9.13 Å². The van der Waals surface area contributed by atoms with Crippen molar-refractivity contribution in [1.82, 2.24) is 10.2 Å². The lowest BCUT2D eigenvalue weighted by Crippen LogP contribution is -2.47. The van der Waals surface area contributed by atoms with Crippen molar-refractivity contribution in [2.45, 2.75) is 19.1 Å². The third kappa shape index (κ3) is 3.75. The van der Waals surface area contributed by atoms with Crippen molar-refractivity contribution in [3.63, 3.8) is 0 Å². The van der Waals surface area contributed by atoms with Gasteiger partial charge in [0.2, 0.25) is 0 Å². The van der Waals surface area contributed by atoms with Crippen molar-refractivity contribution in [3.8, 4) is 0 Å². The highest BCUT2D eigenvalue weighted by Crippen LogP contribution is 2.26. The van der Waals surface area contributed by atoms with Crippen LogP contribution in [-0.4, -0.2) is 44.3 Å². The average molecular weight is 331 g/mol. The number of ether oxygens (including phenoxy) is 1. The molecule has 0 amide bonds. The molecule has 19 heavy (non-hydrogen) atoms. The van der Waals surface area contributed by atoms with Gasteiger partial charge in [-0.05, 0) is 26.1 Å². The smallest absolute Gasteiger partial charge is 0.129 e. The second-order valence-corrected chi connectivity index (χ2v) is 5.80. The van der Waals surface area contributed by atoms with Gasteiger partial charge in [-0.3, -0.25) is 4.90 Å². The van der Waals surface area contributed by atoms with Crippen LogP contribution in [0.3, 0.4) is 0 Å². The molecule has 1 N–H and O–H groups in total. The molecule has 0 bridgehead atoms. The number of nitrogens with one attached hydrogen (secondary N) is 1. The second-order valence-electron chi connectivity index (χ2n) is 4.89. The van der Waals surface area contributed by atoms with E-state index in [0.717, 1.165) is 29.7 Å². The predicted molar refractivity (Wildman–Crippen MR) is 77.8 cm³/mol. The van der Waals surface area contributed by atoms with E-state index in [0.29, 0.717) is 6.61 Å². The molecule has 106 valence electrons. The van der Waals surface area contributed by atoms with Crippen LogP contribution in [0, 0.1) is 5.82 Å². The Morgan fingerprint density at radius 3 is 3.05 bits per heavy atom. The molecule has 3 nitrogen and oxygen atoms in total. The molecular weight excluding hydrogens is 311 g/mol. The highest BCUT2D eigenvalue weighted by molar-refractivity contribution is 9.10. The Bertz CT molecular complexity index is 428. The van der Waals surface area contributed by atoms with Gasteiger partial charge >= 0.3 is 0 Å². The van der Waals surface area contributed by atoms with Gasteiger partial charge in [0, 0.05) is 35.7 Å². The summed E-state index contributed by atoms with van der Waals surface area (Å²) in [5.74, 6) is -0.154. The van der Waals surface area contributed by atoms with E-state index >= 15 is 0 Å². The first-order chi connectivity index (χ1) is 9.11. The maximum absolute atomic E-state index is 14.0. The molecule has 1 aliphatic heterocycles. The van der Waals surface area contributed by atoms with E-state index in [4.69, 9.17) is 4.74 Å². The summed E-state index contributed by atoms with van der Waals surface area (Å²) in [7, 11) is 1.92. The molecule has 1 saturated heterocycles. The van der Waals surface area contributed by atoms with Gasteiger partial charge in [0.1, 0.15) is 5.82 Å². The molecular formula is C14H20BrFN2O. The minimum Gasteiger partial charge on any atom is -0.374 e. The Hall–Kier alpha value is -0.490. The van der Waals surface area contributed by atoms with Crippen molar-refractivity contribution >= 4 is 15.9 Å². The van der Waals surface area contributed by atoms with E-state index < -0.39 is 0 Å². The Labute approximate surface area is 122 Å². The van der Waals surface area contributed by atoms with Crippen LogP contribution in [0.5, 0.6) is 0 Å². The van der Waals surface area contributed by atoms with Crippen LogP contribution in [0.25, 0.3) is 0 Å². The summed E-state index contributed by atoms with van der Waals surface area (Å²) in [4.78, 5) is 2.28. The standard InChI is InChI=1S/C14H20BrFN2O/c1-10(13-4-3-11(15)7-14(13)16)18-5-6-19-12(9-18)8-17-2/h3-4,7,10,12,17H,5-6,8-9H2,1-2H3. The minimum absolute atomic E-state index is 0.0661. The first kappa shape index (κ1) is 14.9. The maximum Gasteiger partial charge on any atom is 0.129 e. The third-order valence-corrected chi connectivity index (χ3v) is 4.06. The SMILES string of the molecule is CNCC1CN(C(C)c2ccc(Br)cc2F)CCO1. The van der Waals surface area contributed by atoms with E-state index in [9.17, 15) is 4.39 Å². The number of hydrogen-bond donors (Lipinski definition) is 1. The maximum atomic E-state index is 14.0. The zero-order valence-electron chi connectivity index (χ0n) is 11.3. The second kappa shape index (κ2) is 6.79. The normalized spacial score (nSPS) is 22.4. The van der Waals surface area contributed by atoms with Crippen LogP contribution < -0.4 is 5.32 Å². The fraction of sp³-hybridized carbons (Fsp3) is 0.571. The summed E-state index contributed by atoms with van der Waals surface area (Å²) in [6, 6.07) is 5.33. The Morgan fingerprint density at radius 1 is 1.58 bits per heavy atom. The van der Waals surface area contributed by atoms with Crippen LogP contribution >= 0.6 is 15.9 Å². The van der Waals surface area contributed by atoms with E-state index in [1.807, 2.05) is 26.1 Å². The molecule has 2 rings (SSSR count). The van der Waals surface area contributed by atoms with Gasteiger partial charge in [-0.1, -0.05) is 22.0 Å². The van der Waals surface area contributed by atoms with Crippen LogP contribution in [0.2, 0.25) is 0 Å². The summed E-state index contributed by atoms with van der Waals surface area (Å²) >= 11 is 3.29. The first-order valence-electron chi connectivity index (χ1n) is 6.57. The van der Waals surface area contributed by atoms with E-state index in [1.54, 1.807) is 0 Å². The molecule has 0 aromatic heterocycles. The van der Waals surface area contributed by atoms with Gasteiger partial charge in [-0.25, -0.2) is 4.39 Å². The number of benzene rings is 1. The fourth-order valence-corrected chi connectivity index (χ4v) is 2.82. The van der Waals surface area contributed by atoms with Gasteiger partial charge in [0.15, 0.2) is 0 Å². The molecule has 1 heterocycles. The Morgan fingerprint density at radius 2 is 2.37 bits per heavy atom. The van der Waals surface area contributed by atoms with Gasteiger partial charge < -0.3 is 10.1 Å². The zero-order valence-corrected chi connectivity index (χ0v) is 12.9. The van der Waals surface area contributed by atoms with Crippen molar-refractivity contribution in [2.75, 3.05) is 33.3 Å². The lowest BCUT2D eigenvalue weighted by atomic mass is 10.1. The van der Waals surface area contributed by atoms with Gasteiger partial charge in [0.05, 0.1) is 12.7 Å². The molecule has 2 unspecified atom stereocenters. The number of halogens is 2. The van der Waals surface area contributed by atoms with Gasteiger partial charge in [-0.2, -0.15) is 0 Å². The van der Waals surface area contributed by atoms with Crippen LogP contribution in [0.15, 0.2) is 22.7 Å². The summed E-state index contributed by atoms with van der Waals surface area (Å²) in [6.45, 7) is 5.25. The average Bonchev–Trinajstić information content (AvgIpc) is 2.39. The molecule has 1 aromatic carbocycles. The lowest BCUT2D eigenvalue weighted by Gasteiger charge is -2.37. The van der Waals surface area contributed by atoms with Gasteiger partial charge in [-0.15, -0.1) is 0 Å². The van der Waals surface area contributed by atoms with Crippen LogP contribution in [0.1, 0.15) is 18.5 Å². The highest BCUT2D eigenvalue weighted by atomic mass is 79.9. The number of likely N-dealkylation sites (N-methyl/N-ethyl adjacent to an activating group) is 1. The summed E-state index contributed by atoms with van der Waals surface area (Å²) in [5, 5.41) is 3.12. The number of morpholine rings is 1. The predicted octanol–water partition coefficient (Wildman–Crippen LogP) is 2.57. The third-order valence-electron chi connectivity index (χ3n) is 3.56. The molecule has 0 spiro atoms. The Balaban J connectivity index is 2.07. The lowest BCUT2D eigenvalue weighted by molar-refractivity contribution is -0.0397. The van der Waals surface area contributed by atoms with Crippen molar-refractivity contribution in [3.05, 3.63) is 34.1 Å². The zero-order chi connectivity index (χ0) is 13.8. The van der Waals surface area contributed by atoms with E-state index in [1.165, 1.54) is 6.07 Å². The molecule has 0 aliphatic carbocycles. The van der Waals surface area contributed by atoms with E-state index in [2.05, 4.69) is 26.1 Å². The van der Waals surface area contributed by atoms with E-state index in [-0.39, 0.29) is 18.0 Å². The summed E-state index contributed by atoms with van der Waals surface area (Å²) in [5.41, 5.74) is 0.744. The summed E-state index contributed by atoms with van der Waals surface area (Å²) in [6.07, 6.45) is 0.180. The molecule has 1 aromatic rings. The fourth-order valence-electron chi connectivity index (χ4n) is 2.48. The number of nitrogens with zero attached hydrogens (tertiary/aromatic N) is 1.